The topological polar surface area (TPSA) is 55.8 Å². The Bertz CT molecular complexity index is 476. The smallest absolute Gasteiger partial charge is 0.325 e. The van der Waals surface area contributed by atoms with Gasteiger partial charge >= 0.3 is 5.97 Å². The minimum atomic E-state index is -0.549. The van der Waals surface area contributed by atoms with E-state index in [0.717, 1.165) is 6.07 Å². The average Bonchev–Trinajstić information content (AvgIpc) is 2.38. The fraction of sp³-hybridized carbons (Fsp3) is 0.385. The van der Waals surface area contributed by atoms with Crippen LogP contribution < -0.4 is 4.74 Å². The highest BCUT2D eigenvalue weighted by atomic mass is 19.1. The highest BCUT2D eigenvalue weighted by Crippen LogP contribution is 2.19. The van der Waals surface area contributed by atoms with Crippen LogP contribution in [0.3, 0.4) is 0 Å². The first-order chi connectivity index (χ1) is 8.99. The van der Waals surface area contributed by atoms with Gasteiger partial charge in [0.2, 0.25) is 0 Å². The van der Waals surface area contributed by atoms with Crippen molar-refractivity contribution in [2.24, 2.45) is 0 Å². The fourth-order valence-electron chi connectivity index (χ4n) is 1.49. The number of carbonyl (C=O) groups is 2. The standard InChI is InChI=1S/C13H16FNO4/c1-4-19-12(16)8-15(2)13(17)9-5-6-10(14)11(7-9)18-3/h5-7H,4,8H2,1-3H3. The summed E-state index contributed by atoms with van der Waals surface area (Å²) in [5.41, 5.74) is 0.241. The molecule has 0 aromatic heterocycles. The maximum atomic E-state index is 13.2. The molecule has 104 valence electrons. The molecule has 0 unspecified atom stereocenters. The van der Waals surface area contributed by atoms with Gasteiger partial charge in [-0.25, -0.2) is 4.39 Å². The minimum absolute atomic E-state index is 0.0182. The molecule has 6 heteroatoms. The molecule has 0 radical (unpaired) electrons. The van der Waals surface area contributed by atoms with E-state index in [1.54, 1.807) is 6.92 Å². The number of carbonyl (C=O) groups excluding carboxylic acids is 2. The first-order valence-electron chi connectivity index (χ1n) is 5.74. The molecule has 0 fully saturated rings. The van der Waals surface area contributed by atoms with E-state index >= 15 is 0 Å². The fourth-order valence-corrected chi connectivity index (χ4v) is 1.49. The molecule has 1 amide bonds. The Morgan fingerprint density at radius 3 is 2.63 bits per heavy atom. The van der Waals surface area contributed by atoms with Crippen molar-refractivity contribution in [3.05, 3.63) is 29.6 Å². The molecule has 1 aromatic carbocycles. The number of amides is 1. The zero-order chi connectivity index (χ0) is 14.4. The zero-order valence-electron chi connectivity index (χ0n) is 11.1. The third kappa shape index (κ3) is 3.94. The van der Waals surface area contributed by atoms with Crippen molar-refractivity contribution in [2.75, 3.05) is 27.3 Å². The molecule has 0 saturated heterocycles. The van der Waals surface area contributed by atoms with Crippen molar-refractivity contribution in [3.63, 3.8) is 0 Å². The van der Waals surface area contributed by atoms with Crippen molar-refractivity contribution >= 4 is 11.9 Å². The Kier molecular flexibility index (Phi) is 5.29. The van der Waals surface area contributed by atoms with E-state index in [1.807, 2.05) is 0 Å². The van der Waals surface area contributed by atoms with Crippen LogP contribution >= 0.6 is 0 Å². The lowest BCUT2D eigenvalue weighted by Crippen LogP contribution is -2.33. The summed E-state index contributed by atoms with van der Waals surface area (Å²) in [6, 6.07) is 3.77. The highest BCUT2D eigenvalue weighted by molar-refractivity contribution is 5.96. The van der Waals surface area contributed by atoms with Gasteiger partial charge in [0.1, 0.15) is 6.54 Å². The molecule has 0 bridgehead atoms. The molecule has 1 rings (SSSR count). The monoisotopic (exact) mass is 269 g/mol. The van der Waals surface area contributed by atoms with Crippen LogP contribution in [-0.4, -0.2) is 44.1 Å². The molecule has 0 heterocycles. The second-order valence-electron chi connectivity index (χ2n) is 3.82. The van der Waals surface area contributed by atoms with Gasteiger partial charge in [-0.1, -0.05) is 0 Å². The molecule has 0 spiro atoms. The van der Waals surface area contributed by atoms with Crippen molar-refractivity contribution < 1.29 is 23.5 Å². The predicted octanol–water partition coefficient (Wildman–Crippen LogP) is 1.47. The molecule has 19 heavy (non-hydrogen) atoms. The molecule has 1 aromatic rings. The Hall–Kier alpha value is -2.11. The van der Waals surface area contributed by atoms with Crippen molar-refractivity contribution in [3.8, 4) is 5.75 Å². The van der Waals surface area contributed by atoms with Crippen molar-refractivity contribution in [1.82, 2.24) is 4.90 Å². The molecular formula is C13H16FNO4. The van der Waals surface area contributed by atoms with E-state index in [1.165, 1.54) is 31.2 Å². The number of rotatable bonds is 5. The quantitative estimate of drug-likeness (QED) is 0.760. The van der Waals surface area contributed by atoms with E-state index in [-0.39, 0.29) is 24.5 Å². The minimum Gasteiger partial charge on any atom is -0.494 e. The summed E-state index contributed by atoms with van der Waals surface area (Å²) >= 11 is 0. The normalized spacial score (nSPS) is 9.89. The van der Waals surface area contributed by atoms with E-state index in [9.17, 15) is 14.0 Å². The highest BCUT2D eigenvalue weighted by Gasteiger charge is 2.17. The summed E-state index contributed by atoms with van der Waals surface area (Å²) in [7, 11) is 2.78. The van der Waals surface area contributed by atoms with Gasteiger partial charge in [0.15, 0.2) is 11.6 Å². The van der Waals surface area contributed by atoms with E-state index in [2.05, 4.69) is 0 Å². The van der Waals surface area contributed by atoms with Gasteiger partial charge in [-0.2, -0.15) is 0 Å². The van der Waals surface area contributed by atoms with Gasteiger partial charge in [-0.3, -0.25) is 9.59 Å². The number of halogens is 1. The number of likely N-dealkylation sites (N-methyl/N-ethyl adjacent to an activating group) is 1. The van der Waals surface area contributed by atoms with Crippen LogP contribution in [0.2, 0.25) is 0 Å². The van der Waals surface area contributed by atoms with Crippen molar-refractivity contribution in [1.29, 1.82) is 0 Å². The number of benzene rings is 1. The van der Waals surface area contributed by atoms with Crippen LogP contribution in [0.5, 0.6) is 5.75 Å². The number of esters is 1. The Labute approximate surface area is 110 Å². The summed E-state index contributed by atoms with van der Waals surface area (Å²) in [5, 5.41) is 0. The summed E-state index contributed by atoms with van der Waals surface area (Å²) in [6.07, 6.45) is 0. The molecule has 0 atom stereocenters. The lowest BCUT2D eigenvalue weighted by Gasteiger charge is -2.16. The van der Waals surface area contributed by atoms with Crippen LogP contribution in [0, 0.1) is 5.82 Å². The maximum Gasteiger partial charge on any atom is 0.325 e. The van der Waals surface area contributed by atoms with Gasteiger partial charge in [-0.15, -0.1) is 0 Å². The number of hydrogen-bond donors (Lipinski definition) is 0. The van der Waals surface area contributed by atoms with Gasteiger partial charge in [0, 0.05) is 12.6 Å². The predicted molar refractivity (Wildman–Crippen MR) is 66.5 cm³/mol. The van der Waals surface area contributed by atoms with E-state index in [4.69, 9.17) is 9.47 Å². The molecule has 5 nitrogen and oxygen atoms in total. The zero-order valence-corrected chi connectivity index (χ0v) is 11.1. The largest absolute Gasteiger partial charge is 0.494 e. The summed E-state index contributed by atoms with van der Waals surface area (Å²) in [5.74, 6) is -1.47. The van der Waals surface area contributed by atoms with Gasteiger partial charge in [-0.05, 0) is 25.1 Å². The summed E-state index contributed by atoms with van der Waals surface area (Å²) in [4.78, 5) is 24.5. The summed E-state index contributed by atoms with van der Waals surface area (Å²) < 4.78 is 22.8. The van der Waals surface area contributed by atoms with Crippen LogP contribution in [0.4, 0.5) is 4.39 Å². The number of methoxy groups -OCH3 is 1. The van der Waals surface area contributed by atoms with Crippen molar-refractivity contribution in [2.45, 2.75) is 6.92 Å². The van der Waals surface area contributed by atoms with Crippen LogP contribution in [-0.2, 0) is 9.53 Å². The first kappa shape index (κ1) is 14.9. The van der Waals surface area contributed by atoms with Crippen LogP contribution in [0.15, 0.2) is 18.2 Å². The first-order valence-corrected chi connectivity index (χ1v) is 5.74. The second kappa shape index (κ2) is 6.72. The summed E-state index contributed by atoms with van der Waals surface area (Å²) in [6.45, 7) is 1.78. The van der Waals surface area contributed by atoms with Crippen LogP contribution in [0.1, 0.15) is 17.3 Å². The Balaban J connectivity index is 2.79. The molecule has 0 saturated carbocycles. The van der Waals surface area contributed by atoms with Gasteiger partial charge in [0.05, 0.1) is 13.7 Å². The number of ether oxygens (including phenoxy) is 2. The third-order valence-corrected chi connectivity index (χ3v) is 2.42. The second-order valence-corrected chi connectivity index (χ2v) is 3.82. The lowest BCUT2D eigenvalue weighted by atomic mass is 10.2. The van der Waals surface area contributed by atoms with E-state index in [0.29, 0.717) is 0 Å². The molecule has 0 aliphatic rings. The maximum absolute atomic E-state index is 13.2. The lowest BCUT2D eigenvalue weighted by molar-refractivity contribution is -0.143. The molecule has 0 aliphatic carbocycles. The van der Waals surface area contributed by atoms with Gasteiger partial charge < -0.3 is 14.4 Å². The molecule has 0 aliphatic heterocycles. The van der Waals surface area contributed by atoms with Gasteiger partial charge in [0.25, 0.3) is 5.91 Å². The Morgan fingerprint density at radius 2 is 2.05 bits per heavy atom. The van der Waals surface area contributed by atoms with E-state index < -0.39 is 17.7 Å². The van der Waals surface area contributed by atoms with Crippen LogP contribution in [0.25, 0.3) is 0 Å². The average molecular weight is 269 g/mol. The Morgan fingerprint density at radius 1 is 1.37 bits per heavy atom. The third-order valence-electron chi connectivity index (χ3n) is 2.42. The molecule has 0 N–H and O–H groups in total. The number of hydrogen-bond acceptors (Lipinski definition) is 4. The molecular weight excluding hydrogens is 253 g/mol. The number of nitrogens with zero attached hydrogens (tertiary/aromatic N) is 1. The SMILES string of the molecule is CCOC(=O)CN(C)C(=O)c1ccc(F)c(OC)c1.